The Bertz CT molecular complexity index is 1010. The summed E-state index contributed by atoms with van der Waals surface area (Å²) < 4.78 is 0. The van der Waals surface area contributed by atoms with E-state index in [1.54, 1.807) is 17.4 Å². The number of thiophene rings is 1. The predicted octanol–water partition coefficient (Wildman–Crippen LogP) is 4.81. The van der Waals surface area contributed by atoms with Gasteiger partial charge in [0.2, 0.25) is 0 Å². The number of hydrogen-bond donors (Lipinski definition) is 1. The molecule has 4 rings (SSSR count). The Balaban J connectivity index is 2.15. The van der Waals surface area contributed by atoms with Crippen LogP contribution in [0.25, 0.3) is 32.2 Å². The summed E-state index contributed by atoms with van der Waals surface area (Å²) in [6.07, 6.45) is 0. The van der Waals surface area contributed by atoms with Crippen LogP contribution in [0.15, 0.2) is 60.0 Å². The normalized spacial score (nSPS) is 11.1. The van der Waals surface area contributed by atoms with Gasteiger partial charge in [0, 0.05) is 5.39 Å². The number of benzene rings is 2. The average Bonchev–Trinajstić information content (AvgIpc) is 3.08. The van der Waals surface area contributed by atoms with E-state index >= 15 is 0 Å². The van der Waals surface area contributed by atoms with E-state index in [0.29, 0.717) is 22.2 Å². The predicted molar refractivity (Wildman–Crippen MR) is 89.5 cm³/mol. The van der Waals surface area contributed by atoms with Crippen LogP contribution in [-0.2, 0) is 0 Å². The van der Waals surface area contributed by atoms with Crippen molar-refractivity contribution in [2.24, 2.45) is 0 Å². The number of nitrogens with zero attached hydrogens (tertiary/aromatic N) is 1. The first kappa shape index (κ1) is 13.0. The molecule has 4 heteroatoms. The zero-order valence-corrected chi connectivity index (χ0v) is 12.3. The molecule has 2 aromatic carbocycles. The zero-order valence-electron chi connectivity index (χ0n) is 11.5. The summed E-state index contributed by atoms with van der Waals surface area (Å²) >= 11 is 1.55. The first-order valence-corrected chi connectivity index (χ1v) is 7.72. The summed E-state index contributed by atoms with van der Waals surface area (Å²) in [5.74, 6) is -0.929. The molecule has 2 heterocycles. The number of pyridine rings is 1. The van der Waals surface area contributed by atoms with Crippen molar-refractivity contribution in [1.82, 2.24) is 4.98 Å². The van der Waals surface area contributed by atoms with Gasteiger partial charge in [-0.05, 0) is 34.4 Å². The second-order valence-electron chi connectivity index (χ2n) is 5.02. The molecule has 0 fully saturated rings. The number of rotatable bonds is 2. The Hall–Kier alpha value is -2.72. The highest BCUT2D eigenvalue weighted by atomic mass is 32.1. The van der Waals surface area contributed by atoms with Gasteiger partial charge in [-0.25, -0.2) is 9.78 Å². The summed E-state index contributed by atoms with van der Waals surface area (Å²) in [5.41, 5.74) is 1.71. The Labute approximate surface area is 130 Å². The van der Waals surface area contributed by atoms with Gasteiger partial charge in [0.1, 0.15) is 0 Å². The van der Waals surface area contributed by atoms with Gasteiger partial charge in [-0.2, -0.15) is 0 Å². The maximum Gasteiger partial charge on any atom is 0.336 e. The van der Waals surface area contributed by atoms with Gasteiger partial charge >= 0.3 is 5.97 Å². The van der Waals surface area contributed by atoms with Gasteiger partial charge in [-0.3, -0.25) is 0 Å². The fourth-order valence-corrected chi connectivity index (χ4v) is 3.41. The van der Waals surface area contributed by atoms with Crippen molar-refractivity contribution in [2.75, 3.05) is 0 Å². The lowest BCUT2D eigenvalue weighted by Crippen LogP contribution is -2.00. The standard InChI is InChI=1S/C18H11NO2S/c20-18(21)13-10-15(16-6-3-9-22-16)19-14-8-7-11-4-1-2-5-12(11)17(13)14/h1-10H,(H,20,21). The zero-order chi connectivity index (χ0) is 15.1. The Kier molecular flexibility index (Phi) is 2.91. The summed E-state index contributed by atoms with van der Waals surface area (Å²) in [6.45, 7) is 0. The molecule has 0 bridgehead atoms. The fourth-order valence-electron chi connectivity index (χ4n) is 2.73. The highest BCUT2D eigenvalue weighted by Gasteiger charge is 2.15. The molecule has 0 radical (unpaired) electrons. The van der Waals surface area contributed by atoms with Crippen LogP contribution >= 0.6 is 11.3 Å². The second kappa shape index (κ2) is 4.93. The third kappa shape index (κ3) is 1.96. The number of carboxylic acid groups (broad SMARTS) is 1. The van der Waals surface area contributed by atoms with Gasteiger partial charge in [0.15, 0.2) is 0 Å². The van der Waals surface area contributed by atoms with Crippen LogP contribution in [0.2, 0.25) is 0 Å². The van der Waals surface area contributed by atoms with Crippen molar-refractivity contribution in [2.45, 2.75) is 0 Å². The van der Waals surface area contributed by atoms with E-state index in [1.165, 1.54) is 0 Å². The lowest BCUT2D eigenvalue weighted by molar-refractivity contribution is 0.0699. The number of hydrogen-bond acceptors (Lipinski definition) is 3. The SMILES string of the molecule is O=C(O)c1cc(-c2cccs2)nc2ccc3ccccc3c12. The smallest absolute Gasteiger partial charge is 0.336 e. The molecule has 3 nitrogen and oxygen atoms in total. The van der Waals surface area contributed by atoms with Crippen LogP contribution < -0.4 is 0 Å². The molecule has 1 N–H and O–H groups in total. The van der Waals surface area contributed by atoms with Crippen molar-refractivity contribution >= 4 is 39.0 Å². The first-order valence-electron chi connectivity index (χ1n) is 6.84. The minimum absolute atomic E-state index is 0.296. The molecule has 0 aliphatic heterocycles. The third-order valence-electron chi connectivity index (χ3n) is 3.70. The van der Waals surface area contributed by atoms with Crippen LogP contribution in [0, 0.1) is 0 Å². The van der Waals surface area contributed by atoms with E-state index in [2.05, 4.69) is 4.98 Å². The highest BCUT2D eigenvalue weighted by Crippen LogP contribution is 2.32. The van der Waals surface area contributed by atoms with Crippen molar-refractivity contribution in [1.29, 1.82) is 0 Å². The summed E-state index contributed by atoms with van der Waals surface area (Å²) in [4.78, 5) is 17.4. The largest absolute Gasteiger partial charge is 0.478 e. The maximum atomic E-state index is 11.8. The molecule has 0 unspecified atom stereocenters. The number of carboxylic acids is 1. The first-order chi connectivity index (χ1) is 10.7. The second-order valence-corrected chi connectivity index (χ2v) is 5.97. The monoisotopic (exact) mass is 305 g/mol. The molecule has 0 aliphatic rings. The summed E-state index contributed by atoms with van der Waals surface area (Å²) in [5, 5.41) is 14.2. The van der Waals surface area contributed by atoms with Crippen molar-refractivity contribution in [3.8, 4) is 10.6 Å². The van der Waals surface area contributed by atoms with Crippen LogP contribution in [0.5, 0.6) is 0 Å². The fraction of sp³-hybridized carbons (Fsp3) is 0. The van der Waals surface area contributed by atoms with E-state index < -0.39 is 5.97 Å². The molecule has 0 amide bonds. The van der Waals surface area contributed by atoms with Crippen LogP contribution in [-0.4, -0.2) is 16.1 Å². The lowest BCUT2D eigenvalue weighted by Gasteiger charge is -2.09. The Morgan fingerprint density at radius 1 is 1.05 bits per heavy atom. The van der Waals surface area contributed by atoms with Crippen LogP contribution in [0.3, 0.4) is 0 Å². The molecule has 0 saturated carbocycles. The molecular weight excluding hydrogens is 294 g/mol. The molecule has 0 aliphatic carbocycles. The minimum Gasteiger partial charge on any atom is -0.478 e. The quantitative estimate of drug-likeness (QED) is 0.540. The average molecular weight is 305 g/mol. The van der Waals surface area contributed by atoms with Crippen LogP contribution in [0.1, 0.15) is 10.4 Å². The topological polar surface area (TPSA) is 50.2 Å². The van der Waals surface area contributed by atoms with Gasteiger partial charge in [0.25, 0.3) is 0 Å². The van der Waals surface area contributed by atoms with Crippen molar-refractivity contribution in [3.63, 3.8) is 0 Å². The molecule has 22 heavy (non-hydrogen) atoms. The molecular formula is C18H11NO2S. The van der Waals surface area contributed by atoms with E-state index in [1.807, 2.05) is 53.9 Å². The van der Waals surface area contributed by atoms with E-state index in [-0.39, 0.29) is 0 Å². The number of aromatic carboxylic acids is 1. The van der Waals surface area contributed by atoms with E-state index in [4.69, 9.17) is 0 Å². The third-order valence-corrected chi connectivity index (χ3v) is 4.59. The summed E-state index contributed by atoms with van der Waals surface area (Å²) in [6, 6.07) is 17.2. The molecule has 4 aromatic rings. The Morgan fingerprint density at radius 2 is 1.91 bits per heavy atom. The van der Waals surface area contributed by atoms with Gasteiger partial charge in [-0.1, -0.05) is 36.4 Å². The van der Waals surface area contributed by atoms with Crippen LogP contribution in [0.4, 0.5) is 0 Å². The Morgan fingerprint density at radius 3 is 2.68 bits per heavy atom. The molecule has 0 spiro atoms. The number of fused-ring (bicyclic) bond motifs is 3. The van der Waals surface area contributed by atoms with Crippen molar-refractivity contribution < 1.29 is 9.90 Å². The number of aromatic nitrogens is 1. The highest BCUT2D eigenvalue weighted by molar-refractivity contribution is 7.13. The van der Waals surface area contributed by atoms with Crippen molar-refractivity contribution in [3.05, 3.63) is 65.5 Å². The van der Waals surface area contributed by atoms with E-state index in [0.717, 1.165) is 15.6 Å². The molecule has 106 valence electrons. The maximum absolute atomic E-state index is 11.8. The van der Waals surface area contributed by atoms with E-state index in [9.17, 15) is 9.90 Å². The van der Waals surface area contributed by atoms with Gasteiger partial charge in [0.05, 0.1) is 21.7 Å². The molecule has 0 atom stereocenters. The molecule has 2 aromatic heterocycles. The minimum atomic E-state index is -0.929. The summed E-state index contributed by atoms with van der Waals surface area (Å²) in [7, 11) is 0. The molecule has 0 saturated heterocycles. The number of carbonyl (C=O) groups is 1. The van der Waals surface area contributed by atoms with Gasteiger partial charge in [-0.15, -0.1) is 11.3 Å². The van der Waals surface area contributed by atoms with Gasteiger partial charge < -0.3 is 5.11 Å². The lowest BCUT2D eigenvalue weighted by atomic mass is 10.00.